The third-order valence-electron chi connectivity index (χ3n) is 2.43. The van der Waals surface area contributed by atoms with E-state index in [1.807, 2.05) is 13.8 Å². The van der Waals surface area contributed by atoms with Gasteiger partial charge < -0.3 is 4.74 Å². The number of methoxy groups -OCH3 is 1. The van der Waals surface area contributed by atoms with Crippen LogP contribution in [0.5, 0.6) is 5.75 Å². The Hall–Kier alpha value is -1.56. The zero-order valence-corrected chi connectivity index (χ0v) is 11.5. The van der Waals surface area contributed by atoms with E-state index in [-0.39, 0.29) is 4.90 Å². The van der Waals surface area contributed by atoms with Crippen molar-refractivity contribution in [2.24, 2.45) is 5.16 Å². The van der Waals surface area contributed by atoms with Crippen molar-refractivity contribution in [2.45, 2.75) is 31.6 Å². The zero-order chi connectivity index (χ0) is 13.6. The van der Waals surface area contributed by atoms with E-state index in [1.165, 1.54) is 19.2 Å². The first-order chi connectivity index (χ1) is 8.53. The summed E-state index contributed by atoms with van der Waals surface area (Å²) in [7, 11) is -2.33. The fourth-order valence-corrected chi connectivity index (χ4v) is 2.03. The minimum Gasteiger partial charge on any atom is -0.497 e. The number of benzene rings is 1. The van der Waals surface area contributed by atoms with Crippen LogP contribution in [-0.2, 0) is 14.4 Å². The summed E-state index contributed by atoms with van der Waals surface area (Å²) >= 11 is 0. The van der Waals surface area contributed by atoms with Gasteiger partial charge in [0.25, 0.3) is 0 Å². The van der Waals surface area contributed by atoms with Crippen molar-refractivity contribution in [3.05, 3.63) is 24.3 Å². The molecule has 0 saturated carbocycles. The van der Waals surface area contributed by atoms with Gasteiger partial charge in [-0.15, -0.1) is 0 Å². The molecule has 0 N–H and O–H groups in total. The summed E-state index contributed by atoms with van der Waals surface area (Å²) in [4.78, 5) is 0.0543. The maximum Gasteiger partial charge on any atom is 0.358 e. The van der Waals surface area contributed by atoms with Gasteiger partial charge in [-0.1, -0.05) is 19.0 Å². The summed E-state index contributed by atoms with van der Waals surface area (Å²) in [6, 6.07) is 5.95. The highest BCUT2D eigenvalue weighted by molar-refractivity contribution is 7.86. The lowest BCUT2D eigenvalue weighted by Gasteiger charge is -2.04. The number of oxime groups is 1. The van der Waals surface area contributed by atoms with Gasteiger partial charge in [-0.3, -0.25) is 4.28 Å². The second-order valence-electron chi connectivity index (χ2n) is 3.57. The van der Waals surface area contributed by atoms with Crippen LogP contribution in [0.3, 0.4) is 0 Å². The van der Waals surface area contributed by atoms with Crippen molar-refractivity contribution >= 4 is 15.8 Å². The Morgan fingerprint density at radius 2 is 1.72 bits per heavy atom. The largest absolute Gasteiger partial charge is 0.497 e. The van der Waals surface area contributed by atoms with Crippen molar-refractivity contribution in [1.29, 1.82) is 0 Å². The fourth-order valence-electron chi connectivity index (χ4n) is 1.27. The number of hydrogen-bond acceptors (Lipinski definition) is 5. The molecule has 0 radical (unpaired) electrons. The minimum atomic E-state index is -3.84. The molecule has 0 amide bonds. The predicted molar refractivity (Wildman–Crippen MR) is 69.3 cm³/mol. The SMILES string of the molecule is CCC(CC)=NOS(=O)(=O)c1ccc(OC)cc1. The first kappa shape index (κ1) is 14.5. The van der Waals surface area contributed by atoms with Crippen molar-refractivity contribution in [2.75, 3.05) is 7.11 Å². The van der Waals surface area contributed by atoms with Gasteiger partial charge in [0.1, 0.15) is 10.6 Å². The third-order valence-corrected chi connectivity index (χ3v) is 3.55. The maximum absolute atomic E-state index is 11.8. The fraction of sp³-hybridized carbons (Fsp3) is 0.417. The molecule has 6 heteroatoms. The lowest BCUT2D eigenvalue weighted by molar-refractivity contribution is 0.336. The molecular formula is C12H17NO4S. The monoisotopic (exact) mass is 271 g/mol. The summed E-state index contributed by atoms with van der Waals surface area (Å²) in [5, 5.41) is 3.65. The van der Waals surface area contributed by atoms with Crippen molar-refractivity contribution in [3.8, 4) is 5.75 Å². The molecule has 0 aliphatic heterocycles. The van der Waals surface area contributed by atoms with Crippen LogP contribution in [0.2, 0.25) is 0 Å². The summed E-state index contributed by atoms with van der Waals surface area (Å²) < 4.78 is 33.2. The van der Waals surface area contributed by atoms with Crippen LogP contribution in [0.25, 0.3) is 0 Å². The number of rotatable bonds is 6. The van der Waals surface area contributed by atoms with E-state index in [0.717, 1.165) is 0 Å². The summed E-state index contributed by atoms with van der Waals surface area (Å²) in [6.07, 6.45) is 1.32. The molecule has 18 heavy (non-hydrogen) atoms. The van der Waals surface area contributed by atoms with Crippen LogP contribution in [0, 0.1) is 0 Å². The van der Waals surface area contributed by atoms with Gasteiger partial charge in [0.05, 0.1) is 12.8 Å². The molecule has 0 heterocycles. The van der Waals surface area contributed by atoms with Gasteiger partial charge in [0.2, 0.25) is 0 Å². The summed E-state index contributed by atoms with van der Waals surface area (Å²) in [5.41, 5.74) is 0.701. The van der Waals surface area contributed by atoms with E-state index >= 15 is 0 Å². The molecule has 1 aromatic rings. The maximum atomic E-state index is 11.8. The van der Waals surface area contributed by atoms with Crippen molar-refractivity contribution in [1.82, 2.24) is 0 Å². The normalized spacial score (nSPS) is 10.8. The Kier molecular flexibility index (Phi) is 5.15. The molecule has 0 aliphatic carbocycles. The quantitative estimate of drug-likeness (QED) is 0.589. The lowest BCUT2D eigenvalue weighted by Crippen LogP contribution is -2.05. The Labute approximate surface area is 108 Å². The van der Waals surface area contributed by atoms with Gasteiger partial charge in [-0.2, -0.15) is 8.42 Å². The van der Waals surface area contributed by atoms with E-state index < -0.39 is 10.1 Å². The van der Waals surface area contributed by atoms with Crippen molar-refractivity contribution in [3.63, 3.8) is 0 Å². The molecule has 1 rings (SSSR count). The smallest absolute Gasteiger partial charge is 0.358 e. The number of hydrogen-bond donors (Lipinski definition) is 0. The average molecular weight is 271 g/mol. The molecule has 5 nitrogen and oxygen atoms in total. The van der Waals surface area contributed by atoms with E-state index in [4.69, 9.17) is 4.74 Å². The third kappa shape index (κ3) is 3.73. The van der Waals surface area contributed by atoms with Crippen LogP contribution in [-0.4, -0.2) is 21.2 Å². The van der Waals surface area contributed by atoms with E-state index in [2.05, 4.69) is 9.44 Å². The first-order valence-corrected chi connectivity index (χ1v) is 7.07. The van der Waals surface area contributed by atoms with Gasteiger partial charge in [0.15, 0.2) is 0 Å². The number of nitrogens with zero attached hydrogens (tertiary/aromatic N) is 1. The standard InChI is InChI=1S/C12H17NO4S/c1-4-10(5-2)13-17-18(14,15)12-8-6-11(16-3)7-9-12/h6-9H,4-5H2,1-3H3. The van der Waals surface area contributed by atoms with Crippen LogP contribution in [0.15, 0.2) is 34.3 Å². The molecule has 0 atom stereocenters. The van der Waals surface area contributed by atoms with Crippen LogP contribution >= 0.6 is 0 Å². The van der Waals surface area contributed by atoms with E-state index in [0.29, 0.717) is 24.3 Å². The molecule has 100 valence electrons. The van der Waals surface area contributed by atoms with Crippen LogP contribution in [0.4, 0.5) is 0 Å². The highest BCUT2D eigenvalue weighted by Crippen LogP contribution is 2.17. The molecule has 0 aliphatic rings. The second-order valence-corrected chi connectivity index (χ2v) is 5.10. The van der Waals surface area contributed by atoms with Crippen LogP contribution in [0.1, 0.15) is 26.7 Å². The Bertz CT molecular complexity index is 499. The molecular weight excluding hydrogens is 254 g/mol. The second kappa shape index (κ2) is 6.39. The van der Waals surface area contributed by atoms with Gasteiger partial charge in [0, 0.05) is 0 Å². The van der Waals surface area contributed by atoms with Gasteiger partial charge in [-0.25, -0.2) is 0 Å². The number of ether oxygens (including phenoxy) is 1. The minimum absolute atomic E-state index is 0.0543. The topological polar surface area (TPSA) is 65.0 Å². The highest BCUT2D eigenvalue weighted by atomic mass is 32.2. The molecule has 0 fully saturated rings. The molecule has 0 spiro atoms. The lowest BCUT2D eigenvalue weighted by atomic mass is 10.2. The highest BCUT2D eigenvalue weighted by Gasteiger charge is 2.15. The predicted octanol–water partition coefficient (Wildman–Crippen LogP) is 2.58. The average Bonchev–Trinajstić information content (AvgIpc) is 2.40. The first-order valence-electron chi connectivity index (χ1n) is 5.67. The van der Waals surface area contributed by atoms with Crippen molar-refractivity contribution < 1.29 is 17.4 Å². The molecule has 0 unspecified atom stereocenters. The zero-order valence-electron chi connectivity index (χ0n) is 10.7. The molecule has 0 bridgehead atoms. The van der Waals surface area contributed by atoms with E-state index in [1.54, 1.807) is 12.1 Å². The summed E-state index contributed by atoms with van der Waals surface area (Å²) in [5.74, 6) is 0.584. The van der Waals surface area contributed by atoms with Gasteiger partial charge in [-0.05, 0) is 37.1 Å². The molecule has 0 aromatic heterocycles. The Morgan fingerprint density at radius 1 is 1.17 bits per heavy atom. The van der Waals surface area contributed by atoms with Crippen LogP contribution < -0.4 is 4.74 Å². The molecule has 0 saturated heterocycles. The Balaban J connectivity index is 2.89. The Morgan fingerprint density at radius 3 is 2.17 bits per heavy atom. The van der Waals surface area contributed by atoms with Gasteiger partial charge >= 0.3 is 10.1 Å². The molecule has 1 aromatic carbocycles. The van der Waals surface area contributed by atoms with E-state index in [9.17, 15) is 8.42 Å². The summed E-state index contributed by atoms with van der Waals surface area (Å²) in [6.45, 7) is 3.79.